The Morgan fingerprint density at radius 3 is 2.38 bits per heavy atom. The van der Waals surface area contributed by atoms with Gasteiger partial charge in [-0.1, -0.05) is 0 Å². The number of hydrogen-bond acceptors (Lipinski definition) is 3. The van der Waals surface area contributed by atoms with Gasteiger partial charge < -0.3 is 4.74 Å². The number of aromatic nitrogens is 1. The minimum absolute atomic E-state index is 0.496. The lowest BCUT2D eigenvalue weighted by Gasteiger charge is -2.09. The predicted molar refractivity (Wildman–Crippen MR) is 40.6 cm³/mol. The third kappa shape index (κ3) is 3.05. The molecular formula is C8H3F5N2O. The smallest absolute Gasteiger partial charge is 0.388 e. The summed E-state index contributed by atoms with van der Waals surface area (Å²) in [5.74, 6) is -1.03. The van der Waals surface area contributed by atoms with Gasteiger partial charge in [0.1, 0.15) is 11.8 Å². The fourth-order valence-electron chi connectivity index (χ4n) is 0.893. The molecule has 0 amide bonds. The molecule has 1 heterocycles. The number of pyridine rings is 1. The molecule has 0 radical (unpaired) electrons. The van der Waals surface area contributed by atoms with E-state index in [0.717, 1.165) is 6.07 Å². The molecule has 0 bridgehead atoms. The number of halogens is 5. The van der Waals surface area contributed by atoms with Gasteiger partial charge in [-0.25, -0.2) is 13.8 Å². The van der Waals surface area contributed by atoms with Gasteiger partial charge >= 0.3 is 6.36 Å². The largest absolute Gasteiger partial charge is 0.574 e. The molecule has 0 saturated heterocycles. The molecule has 3 nitrogen and oxygen atoms in total. The second-order valence-corrected chi connectivity index (χ2v) is 2.54. The van der Waals surface area contributed by atoms with Crippen molar-refractivity contribution in [3.05, 3.63) is 23.4 Å². The van der Waals surface area contributed by atoms with Gasteiger partial charge in [0.05, 0.1) is 5.56 Å². The van der Waals surface area contributed by atoms with Crippen LogP contribution in [-0.4, -0.2) is 11.3 Å². The minimum atomic E-state index is -5.01. The van der Waals surface area contributed by atoms with Crippen LogP contribution in [0.5, 0.6) is 5.88 Å². The van der Waals surface area contributed by atoms with Crippen LogP contribution in [0, 0.1) is 11.3 Å². The Hall–Kier alpha value is -1.91. The maximum Gasteiger partial charge on any atom is 0.574 e. The molecule has 0 aliphatic carbocycles. The predicted octanol–water partition coefficient (Wildman–Crippen LogP) is 2.79. The van der Waals surface area contributed by atoms with E-state index in [2.05, 4.69) is 9.72 Å². The number of alkyl halides is 5. The number of nitrogens with zero attached hydrogens (tertiary/aromatic N) is 2. The molecule has 1 aromatic heterocycles. The molecule has 0 aliphatic rings. The van der Waals surface area contributed by atoms with Crippen LogP contribution in [0.4, 0.5) is 22.0 Å². The van der Waals surface area contributed by atoms with Crippen LogP contribution in [0.2, 0.25) is 0 Å². The Morgan fingerprint density at radius 2 is 1.94 bits per heavy atom. The van der Waals surface area contributed by atoms with E-state index in [1.165, 1.54) is 6.07 Å². The first kappa shape index (κ1) is 12.2. The average molecular weight is 238 g/mol. The lowest BCUT2D eigenvalue weighted by atomic mass is 10.2. The van der Waals surface area contributed by atoms with Crippen LogP contribution >= 0.6 is 0 Å². The molecule has 1 rings (SSSR count). The van der Waals surface area contributed by atoms with E-state index in [1.807, 2.05) is 0 Å². The lowest BCUT2D eigenvalue weighted by molar-refractivity contribution is -0.276. The van der Waals surface area contributed by atoms with Gasteiger partial charge in [0, 0.05) is 6.07 Å². The Kier molecular flexibility index (Phi) is 3.27. The molecule has 0 fully saturated rings. The first-order valence-corrected chi connectivity index (χ1v) is 3.78. The van der Waals surface area contributed by atoms with Gasteiger partial charge in [-0.3, -0.25) is 0 Å². The van der Waals surface area contributed by atoms with Gasteiger partial charge in [0.2, 0.25) is 5.88 Å². The van der Waals surface area contributed by atoms with Crippen LogP contribution in [0.1, 0.15) is 17.7 Å². The van der Waals surface area contributed by atoms with E-state index in [9.17, 15) is 22.0 Å². The van der Waals surface area contributed by atoms with Crippen molar-refractivity contribution >= 4 is 0 Å². The lowest BCUT2D eigenvalue weighted by Crippen LogP contribution is -2.18. The maximum absolute atomic E-state index is 12.3. The number of ether oxygens (including phenoxy) is 1. The second kappa shape index (κ2) is 4.30. The standard InChI is InChI=1S/C8H3F5N2O/c9-7(10)6-4(3-14)1-2-5(15-6)16-8(11,12)13/h1-2,7H. The van der Waals surface area contributed by atoms with Gasteiger partial charge in [0.25, 0.3) is 6.43 Å². The topological polar surface area (TPSA) is 45.9 Å². The molecule has 0 aliphatic heterocycles. The quantitative estimate of drug-likeness (QED) is 0.744. The molecule has 1 aromatic rings. The van der Waals surface area contributed by atoms with Crippen LogP contribution in [0.3, 0.4) is 0 Å². The van der Waals surface area contributed by atoms with Crippen LogP contribution < -0.4 is 4.74 Å². The summed E-state index contributed by atoms with van der Waals surface area (Å²) >= 11 is 0. The average Bonchev–Trinajstić information content (AvgIpc) is 2.15. The minimum Gasteiger partial charge on any atom is -0.388 e. The third-order valence-corrected chi connectivity index (χ3v) is 1.45. The van der Waals surface area contributed by atoms with Crippen molar-refractivity contribution in [1.29, 1.82) is 5.26 Å². The fraction of sp³-hybridized carbons (Fsp3) is 0.250. The molecular weight excluding hydrogens is 235 g/mol. The molecule has 86 valence electrons. The molecule has 0 N–H and O–H groups in total. The summed E-state index contributed by atoms with van der Waals surface area (Å²) in [5, 5.41) is 8.40. The molecule has 0 atom stereocenters. The highest BCUT2D eigenvalue weighted by molar-refractivity contribution is 5.36. The highest BCUT2D eigenvalue weighted by Crippen LogP contribution is 2.26. The first-order valence-electron chi connectivity index (χ1n) is 3.78. The zero-order valence-corrected chi connectivity index (χ0v) is 7.42. The summed E-state index contributed by atoms with van der Waals surface area (Å²) in [6, 6.07) is 2.87. The number of rotatable bonds is 2. The van der Waals surface area contributed by atoms with Gasteiger partial charge in [-0.05, 0) is 6.07 Å². The summed E-state index contributed by atoms with van der Waals surface area (Å²) in [5.41, 5.74) is -1.53. The molecule has 0 unspecified atom stereocenters. The Labute approximate surface area is 86.1 Å². The third-order valence-electron chi connectivity index (χ3n) is 1.45. The first-order chi connectivity index (χ1) is 7.33. The van der Waals surface area contributed by atoms with Crippen molar-refractivity contribution in [1.82, 2.24) is 4.98 Å². The summed E-state index contributed by atoms with van der Waals surface area (Å²) in [4.78, 5) is 2.91. The summed E-state index contributed by atoms with van der Waals surface area (Å²) in [6.07, 6.45) is -8.16. The molecule has 0 spiro atoms. The Balaban J connectivity index is 3.09. The van der Waals surface area contributed by atoms with Gasteiger partial charge in [-0.2, -0.15) is 5.26 Å². The monoisotopic (exact) mass is 238 g/mol. The number of nitriles is 1. The highest BCUT2D eigenvalue weighted by Gasteiger charge is 2.32. The normalized spacial score (nSPS) is 11.3. The van der Waals surface area contributed by atoms with E-state index in [1.54, 1.807) is 0 Å². The molecule has 0 aromatic carbocycles. The van der Waals surface area contributed by atoms with Crippen molar-refractivity contribution in [3.8, 4) is 11.9 Å². The number of hydrogen-bond donors (Lipinski definition) is 0. The van der Waals surface area contributed by atoms with Crippen LogP contribution in [0.15, 0.2) is 12.1 Å². The molecule has 16 heavy (non-hydrogen) atoms. The van der Waals surface area contributed by atoms with Crippen molar-refractivity contribution in [2.75, 3.05) is 0 Å². The van der Waals surface area contributed by atoms with E-state index < -0.39 is 29.9 Å². The van der Waals surface area contributed by atoms with Crippen molar-refractivity contribution < 1.29 is 26.7 Å². The van der Waals surface area contributed by atoms with E-state index in [-0.39, 0.29) is 0 Å². The second-order valence-electron chi connectivity index (χ2n) is 2.54. The Morgan fingerprint density at radius 1 is 1.31 bits per heavy atom. The van der Waals surface area contributed by atoms with E-state index in [0.29, 0.717) is 6.07 Å². The fourth-order valence-corrected chi connectivity index (χ4v) is 0.893. The van der Waals surface area contributed by atoms with Crippen molar-refractivity contribution in [2.45, 2.75) is 12.8 Å². The van der Waals surface area contributed by atoms with E-state index in [4.69, 9.17) is 5.26 Å². The SMILES string of the molecule is N#Cc1ccc(OC(F)(F)F)nc1C(F)F. The zero-order valence-electron chi connectivity index (χ0n) is 7.42. The Bertz CT molecular complexity index is 423. The molecule has 8 heteroatoms. The molecule has 0 saturated carbocycles. The maximum atomic E-state index is 12.3. The van der Waals surface area contributed by atoms with Crippen molar-refractivity contribution in [2.24, 2.45) is 0 Å². The van der Waals surface area contributed by atoms with Crippen LogP contribution in [-0.2, 0) is 0 Å². The summed E-state index contributed by atoms with van der Waals surface area (Å²) in [7, 11) is 0. The summed E-state index contributed by atoms with van der Waals surface area (Å²) in [6.45, 7) is 0. The van der Waals surface area contributed by atoms with Gasteiger partial charge in [0.15, 0.2) is 0 Å². The van der Waals surface area contributed by atoms with Gasteiger partial charge in [-0.15, -0.1) is 13.2 Å². The zero-order chi connectivity index (χ0) is 12.3. The van der Waals surface area contributed by atoms with E-state index >= 15 is 0 Å². The highest BCUT2D eigenvalue weighted by atomic mass is 19.4. The van der Waals surface area contributed by atoms with Crippen molar-refractivity contribution in [3.63, 3.8) is 0 Å². The summed E-state index contributed by atoms with van der Waals surface area (Å²) < 4.78 is 63.1. The van der Waals surface area contributed by atoms with Crippen LogP contribution in [0.25, 0.3) is 0 Å².